The molecule has 3 nitrogen and oxygen atoms in total. The van der Waals surface area contributed by atoms with Crippen molar-refractivity contribution in [1.29, 1.82) is 0 Å². The van der Waals surface area contributed by atoms with Crippen LogP contribution in [-0.4, -0.2) is 12.5 Å². The van der Waals surface area contributed by atoms with Crippen molar-refractivity contribution in [2.24, 2.45) is 5.92 Å². The summed E-state index contributed by atoms with van der Waals surface area (Å²) in [7, 11) is 0. The van der Waals surface area contributed by atoms with Gasteiger partial charge < -0.3 is 11.1 Å². The smallest absolute Gasteiger partial charge is 0.251 e. The van der Waals surface area contributed by atoms with Crippen LogP contribution in [0.1, 0.15) is 49.9 Å². The maximum absolute atomic E-state index is 12.2. The molecular weight excluding hydrogens is 384 g/mol. The van der Waals surface area contributed by atoms with Gasteiger partial charge in [-0.15, -0.1) is 0 Å². The molecule has 0 spiro atoms. The standard InChI is InChI=1S/C15H22Br2N2O/c1-3-5-6-10(4-2)9-19-15(20)11-7-12(16)14(18)13(17)8-11/h7-8,10H,3-6,9,18H2,1-2H3,(H,19,20). The number of nitrogen functional groups attached to an aromatic ring is 1. The van der Waals surface area contributed by atoms with E-state index in [9.17, 15) is 4.79 Å². The third-order valence-corrected chi connectivity index (χ3v) is 4.75. The van der Waals surface area contributed by atoms with Crippen LogP contribution in [0.3, 0.4) is 0 Å². The monoisotopic (exact) mass is 404 g/mol. The van der Waals surface area contributed by atoms with E-state index in [1.165, 1.54) is 19.3 Å². The summed E-state index contributed by atoms with van der Waals surface area (Å²) in [5.74, 6) is 0.501. The second-order valence-electron chi connectivity index (χ2n) is 4.98. The molecule has 0 saturated carbocycles. The van der Waals surface area contributed by atoms with Crippen LogP contribution in [0.25, 0.3) is 0 Å². The Labute approximate surface area is 138 Å². The van der Waals surface area contributed by atoms with Gasteiger partial charge in [0.2, 0.25) is 0 Å². The zero-order valence-corrected chi connectivity index (χ0v) is 15.2. The summed E-state index contributed by atoms with van der Waals surface area (Å²) in [5.41, 5.74) is 7.05. The number of carbonyl (C=O) groups excluding carboxylic acids is 1. The van der Waals surface area contributed by atoms with Gasteiger partial charge in [0.05, 0.1) is 5.69 Å². The molecule has 5 heteroatoms. The third-order valence-electron chi connectivity index (χ3n) is 3.44. The van der Waals surface area contributed by atoms with Gasteiger partial charge in [0.1, 0.15) is 0 Å². The molecule has 0 saturated heterocycles. The van der Waals surface area contributed by atoms with Gasteiger partial charge in [-0.25, -0.2) is 0 Å². The Morgan fingerprint density at radius 1 is 1.30 bits per heavy atom. The Kier molecular flexibility index (Phi) is 7.59. The number of unbranched alkanes of at least 4 members (excludes halogenated alkanes) is 1. The van der Waals surface area contributed by atoms with Crippen molar-refractivity contribution in [1.82, 2.24) is 5.32 Å². The first-order valence-electron chi connectivity index (χ1n) is 7.02. The summed E-state index contributed by atoms with van der Waals surface area (Å²) in [4.78, 5) is 12.2. The zero-order valence-electron chi connectivity index (χ0n) is 12.0. The van der Waals surface area contributed by atoms with Gasteiger partial charge in [0.25, 0.3) is 5.91 Å². The van der Waals surface area contributed by atoms with Crippen LogP contribution in [0, 0.1) is 5.92 Å². The minimum absolute atomic E-state index is 0.0543. The van der Waals surface area contributed by atoms with Crippen molar-refractivity contribution >= 4 is 43.5 Å². The fourth-order valence-corrected chi connectivity index (χ4v) is 3.18. The first-order valence-corrected chi connectivity index (χ1v) is 8.60. The van der Waals surface area contributed by atoms with Crippen LogP contribution in [0.5, 0.6) is 0 Å². The molecule has 3 N–H and O–H groups in total. The van der Waals surface area contributed by atoms with Crippen molar-refractivity contribution in [3.8, 4) is 0 Å². The van der Waals surface area contributed by atoms with Crippen LogP contribution in [-0.2, 0) is 0 Å². The predicted octanol–water partition coefficient (Wildman–Crippen LogP) is 4.74. The fourth-order valence-electron chi connectivity index (χ4n) is 2.00. The van der Waals surface area contributed by atoms with E-state index in [4.69, 9.17) is 5.73 Å². The van der Waals surface area contributed by atoms with Gasteiger partial charge in [-0.05, 0) is 56.3 Å². The maximum Gasteiger partial charge on any atom is 0.251 e. The zero-order chi connectivity index (χ0) is 15.1. The normalized spacial score (nSPS) is 12.2. The highest BCUT2D eigenvalue weighted by atomic mass is 79.9. The lowest BCUT2D eigenvalue weighted by atomic mass is 9.99. The Balaban J connectivity index is 2.62. The largest absolute Gasteiger partial charge is 0.397 e. The highest BCUT2D eigenvalue weighted by molar-refractivity contribution is 9.11. The first-order chi connectivity index (χ1) is 9.49. The molecule has 1 aromatic rings. The number of anilines is 1. The van der Waals surface area contributed by atoms with Crippen molar-refractivity contribution in [3.63, 3.8) is 0 Å². The topological polar surface area (TPSA) is 55.1 Å². The van der Waals surface area contributed by atoms with E-state index in [2.05, 4.69) is 51.0 Å². The average Bonchev–Trinajstić information content (AvgIpc) is 2.44. The number of benzene rings is 1. The molecule has 112 valence electrons. The van der Waals surface area contributed by atoms with Crippen LogP contribution >= 0.6 is 31.9 Å². The molecule has 1 aromatic carbocycles. The SMILES string of the molecule is CCCCC(CC)CNC(=O)c1cc(Br)c(N)c(Br)c1. The van der Waals surface area contributed by atoms with Crippen molar-refractivity contribution in [2.45, 2.75) is 39.5 Å². The van der Waals surface area contributed by atoms with Crippen LogP contribution in [0.2, 0.25) is 0 Å². The van der Waals surface area contributed by atoms with Crippen LogP contribution < -0.4 is 11.1 Å². The molecule has 0 aliphatic carbocycles. The highest BCUT2D eigenvalue weighted by Gasteiger charge is 2.12. The molecule has 0 aliphatic rings. The van der Waals surface area contributed by atoms with E-state index in [0.717, 1.165) is 21.9 Å². The van der Waals surface area contributed by atoms with E-state index in [0.29, 0.717) is 17.2 Å². The number of rotatable bonds is 7. The lowest BCUT2D eigenvalue weighted by Gasteiger charge is -2.15. The van der Waals surface area contributed by atoms with Gasteiger partial charge in [0.15, 0.2) is 0 Å². The molecule has 1 rings (SSSR count). The molecule has 0 aromatic heterocycles. The fraction of sp³-hybridized carbons (Fsp3) is 0.533. The molecule has 0 fully saturated rings. The summed E-state index contributed by atoms with van der Waals surface area (Å²) >= 11 is 6.72. The molecule has 1 unspecified atom stereocenters. The van der Waals surface area contributed by atoms with E-state index < -0.39 is 0 Å². The minimum atomic E-state index is -0.0543. The number of amides is 1. The molecule has 0 heterocycles. The van der Waals surface area contributed by atoms with Gasteiger partial charge >= 0.3 is 0 Å². The van der Waals surface area contributed by atoms with Gasteiger partial charge in [-0.3, -0.25) is 4.79 Å². The number of nitrogens with one attached hydrogen (secondary N) is 1. The lowest BCUT2D eigenvalue weighted by molar-refractivity contribution is 0.0945. The minimum Gasteiger partial charge on any atom is -0.397 e. The van der Waals surface area contributed by atoms with Crippen LogP contribution in [0.4, 0.5) is 5.69 Å². The van der Waals surface area contributed by atoms with Crippen molar-refractivity contribution < 1.29 is 4.79 Å². The summed E-state index contributed by atoms with van der Waals surface area (Å²) in [6, 6.07) is 3.50. The molecular formula is C15H22Br2N2O. The van der Waals surface area contributed by atoms with E-state index in [1.807, 2.05) is 0 Å². The van der Waals surface area contributed by atoms with E-state index in [1.54, 1.807) is 12.1 Å². The molecule has 1 atom stereocenters. The highest BCUT2D eigenvalue weighted by Crippen LogP contribution is 2.29. The van der Waals surface area contributed by atoms with E-state index >= 15 is 0 Å². The molecule has 1 amide bonds. The Hall–Kier alpha value is -0.550. The first kappa shape index (κ1) is 17.5. The quantitative estimate of drug-likeness (QED) is 0.643. The van der Waals surface area contributed by atoms with Gasteiger partial charge in [-0.1, -0.05) is 33.1 Å². The number of halogens is 2. The molecule has 0 bridgehead atoms. The van der Waals surface area contributed by atoms with Crippen molar-refractivity contribution in [2.75, 3.05) is 12.3 Å². The second-order valence-corrected chi connectivity index (χ2v) is 6.69. The summed E-state index contributed by atoms with van der Waals surface area (Å²) < 4.78 is 1.46. The number of nitrogens with two attached hydrogens (primary N) is 1. The molecule has 0 aliphatic heterocycles. The predicted molar refractivity (Wildman–Crippen MR) is 91.9 cm³/mol. The number of hydrogen-bond acceptors (Lipinski definition) is 2. The van der Waals surface area contributed by atoms with Crippen LogP contribution in [0.15, 0.2) is 21.1 Å². The Morgan fingerprint density at radius 2 is 1.90 bits per heavy atom. The molecule has 0 radical (unpaired) electrons. The summed E-state index contributed by atoms with van der Waals surface area (Å²) in [5, 5.41) is 3.01. The van der Waals surface area contributed by atoms with Crippen molar-refractivity contribution in [3.05, 3.63) is 26.6 Å². The summed E-state index contributed by atoms with van der Waals surface area (Å²) in [6.07, 6.45) is 4.67. The second kappa shape index (κ2) is 8.67. The number of carbonyl (C=O) groups is 1. The Morgan fingerprint density at radius 3 is 2.40 bits per heavy atom. The average molecular weight is 406 g/mol. The van der Waals surface area contributed by atoms with Gasteiger partial charge in [-0.2, -0.15) is 0 Å². The lowest BCUT2D eigenvalue weighted by Crippen LogP contribution is -2.29. The molecule has 20 heavy (non-hydrogen) atoms. The summed E-state index contributed by atoms with van der Waals surface area (Å²) in [6.45, 7) is 5.09. The van der Waals surface area contributed by atoms with E-state index in [-0.39, 0.29) is 5.91 Å². The number of hydrogen-bond donors (Lipinski definition) is 2. The van der Waals surface area contributed by atoms with Gasteiger partial charge in [0, 0.05) is 21.1 Å². The Bertz CT molecular complexity index is 440. The third kappa shape index (κ3) is 5.09. The maximum atomic E-state index is 12.2.